The molecule has 11 heavy (non-hydrogen) atoms. The first-order valence-corrected chi connectivity index (χ1v) is 3.63. The Hall–Kier alpha value is 0.470. The van der Waals surface area contributed by atoms with Crippen LogP contribution in [0.2, 0.25) is 0 Å². The number of aliphatic carboxylic acids is 1. The van der Waals surface area contributed by atoms with Crippen LogP contribution >= 0.6 is 0 Å². The van der Waals surface area contributed by atoms with E-state index in [1.807, 2.05) is 0 Å². The van der Waals surface area contributed by atoms with E-state index in [-0.39, 0.29) is 29.6 Å². The third-order valence-corrected chi connectivity index (χ3v) is 0.854. The number of carboxylic acid groups (broad SMARTS) is 1. The van der Waals surface area contributed by atoms with E-state index in [9.17, 15) is 0 Å². The molecule has 0 bridgehead atoms. The zero-order chi connectivity index (χ0) is 8.41. The van der Waals surface area contributed by atoms with E-state index in [0.717, 1.165) is 13.3 Å². The third kappa shape index (κ3) is 62.4. The van der Waals surface area contributed by atoms with Crippen LogP contribution in [0.1, 0.15) is 39.5 Å². The summed E-state index contributed by atoms with van der Waals surface area (Å²) < 4.78 is 0. The Kier molecular flexibility index (Phi) is 26.8. The van der Waals surface area contributed by atoms with Crippen molar-refractivity contribution in [1.29, 1.82) is 0 Å². The SMILES string of the molecule is CC(=O)O.[CH2-]CCCCC.[Na+]. The molecular formula is C8H17NaO2. The average Bonchev–Trinajstić information content (AvgIpc) is 1.82. The van der Waals surface area contributed by atoms with Crippen molar-refractivity contribution in [3.8, 4) is 0 Å². The first-order chi connectivity index (χ1) is 4.65. The van der Waals surface area contributed by atoms with E-state index in [4.69, 9.17) is 9.90 Å². The second-order valence-electron chi connectivity index (χ2n) is 2.08. The molecule has 0 fully saturated rings. The number of carboxylic acids is 1. The van der Waals surface area contributed by atoms with Crippen LogP contribution in [0.15, 0.2) is 0 Å². The molecule has 2 nitrogen and oxygen atoms in total. The molecule has 0 aliphatic heterocycles. The zero-order valence-corrected chi connectivity index (χ0v) is 9.89. The van der Waals surface area contributed by atoms with E-state index < -0.39 is 5.97 Å². The summed E-state index contributed by atoms with van der Waals surface area (Å²) >= 11 is 0. The van der Waals surface area contributed by atoms with Gasteiger partial charge in [-0.05, 0) is 0 Å². The van der Waals surface area contributed by atoms with Gasteiger partial charge in [-0.1, -0.05) is 26.2 Å². The van der Waals surface area contributed by atoms with E-state index in [1.165, 1.54) is 19.3 Å². The van der Waals surface area contributed by atoms with Gasteiger partial charge in [0.25, 0.3) is 5.97 Å². The Bertz CT molecular complexity index is 66.5. The Morgan fingerprint density at radius 3 is 1.91 bits per heavy atom. The molecule has 0 aliphatic carbocycles. The van der Waals surface area contributed by atoms with Crippen molar-refractivity contribution in [2.75, 3.05) is 0 Å². The van der Waals surface area contributed by atoms with Crippen molar-refractivity contribution >= 4 is 5.97 Å². The fraction of sp³-hybridized carbons (Fsp3) is 0.750. The molecule has 62 valence electrons. The molecule has 0 atom stereocenters. The van der Waals surface area contributed by atoms with Gasteiger partial charge in [0.2, 0.25) is 0 Å². The summed E-state index contributed by atoms with van der Waals surface area (Å²) in [6.45, 7) is 7.01. The average molecular weight is 168 g/mol. The van der Waals surface area contributed by atoms with Crippen LogP contribution in [0.5, 0.6) is 0 Å². The van der Waals surface area contributed by atoms with Crippen molar-refractivity contribution < 1.29 is 39.5 Å². The Labute approximate surface area is 91.7 Å². The van der Waals surface area contributed by atoms with E-state index in [0.29, 0.717) is 0 Å². The van der Waals surface area contributed by atoms with Gasteiger partial charge in [0.1, 0.15) is 0 Å². The maximum Gasteiger partial charge on any atom is 1.00 e. The quantitative estimate of drug-likeness (QED) is 0.350. The summed E-state index contributed by atoms with van der Waals surface area (Å²) in [5, 5.41) is 7.42. The van der Waals surface area contributed by atoms with E-state index in [1.54, 1.807) is 0 Å². The molecular weight excluding hydrogens is 151 g/mol. The predicted octanol–water partition coefficient (Wildman–Crippen LogP) is -0.504. The molecule has 0 amide bonds. The molecule has 0 spiro atoms. The predicted molar refractivity (Wildman–Crippen MR) is 42.8 cm³/mol. The summed E-state index contributed by atoms with van der Waals surface area (Å²) in [5.41, 5.74) is 0. The number of unbranched alkanes of at least 4 members (excludes halogenated alkanes) is 3. The maximum atomic E-state index is 9.00. The van der Waals surface area contributed by atoms with Gasteiger partial charge in [-0.25, -0.2) is 0 Å². The fourth-order valence-electron chi connectivity index (χ4n) is 0.427. The first kappa shape index (κ1) is 17.5. The Morgan fingerprint density at radius 2 is 1.82 bits per heavy atom. The molecule has 3 heteroatoms. The second-order valence-corrected chi connectivity index (χ2v) is 2.08. The monoisotopic (exact) mass is 168 g/mol. The summed E-state index contributed by atoms with van der Waals surface area (Å²) in [6, 6.07) is 0. The zero-order valence-electron chi connectivity index (χ0n) is 7.89. The van der Waals surface area contributed by atoms with Gasteiger partial charge in [-0.3, -0.25) is 4.79 Å². The molecule has 0 saturated carbocycles. The normalized spacial score (nSPS) is 7.18. The molecule has 1 N–H and O–H groups in total. The van der Waals surface area contributed by atoms with Crippen LogP contribution in [0, 0.1) is 6.92 Å². The van der Waals surface area contributed by atoms with Crippen LogP contribution in [0.25, 0.3) is 0 Å². The summed E-state index contributed by atoms with van der Waals surface area (Å²) in [6.07, 6.45) is 5.07. The second kappa shape index (κ2) is 16.8. The molecule has 0 saturated heterocycles. The molecule has 0 aliphatic rings. The van der Waals surface area contributed by atoms with Gasteiger partial charge in [0, 0.05) is 6.92 Å². The number of hydrogen-bond acceptors (Lipinski definition) is 1. The minimum atomic E-state index is -0.833. The fourth-order valence-corrected chi connectivity index (χ4v) is 0.427. The van der Waals surface area contributed by atoms with Crippen LogP contribution < -0.4 is 29.6 Å². The van der Waals surface area contributed by atoms with Gasteiger partial charge in [-0.15, -0.1) is 0 Å². The Morgan fingerprint density at radius 1 is 1.45 bits per heavy atom. The molecule has 0 aromatic heterocycles. The molecule has 0 radical (unpaired) electrons. The van der Waals surface area contributed by atoms with Crippen molar-refractivity contribution in [3.05, 3.63) is 6.92 Å². The summed E-state index contributed by atoms with van der Waals surface area (Å²) in [4.78, 5) is 9.00. The number of carbonyl (C=O) groups is 1. The first-order valence-electron chi connectivity index (χ1n) is 3.63. The van der Waals surface area contributed by atoms with Gasteiger partial charge >= 0.3 is 29.6 Å². The van der Waals surface area contributed by atoms with Gasteiger partial charge in [-0.2, -0.15) is 6.42 Å². The third-order valence-electron chi connectivity index (χ3n) is 0.854. The van der Waals surface area contributed by atoms with E-state index >= 15 is 0 Å². The molecule has 0 heterocycles. The molecule has 0 rings (SSSR count). The van der Waals surface area contributed by atoms with Gasteiger partial charge in [0.05, 0.1) is 0 Å². The van der Waals surface area contributed by atoms with Crippen molar-refractivity contribution in [2.45, 2.75) is 39.5 Å². The Balaban J connectivity index is -0.000000114. The topological polar surface area (TPSA) is 37.3 Å². The number of rotatable bonds is 3. The smallest absolute Gasteiger partial charge is 0.481 e. The van der Waals surface area contributed by atoms with Gasteiger partial charge < -0.3 is 12.0 Å². The van der Waals surface area contributed by atoms with Crippen molar-refractivity contribution in [3.63, 3.8) is 0 Å². The molecule has 0 aromatic rings. The summed E-state index contributed by atoms with van der Waals surface area (Å²) in [7, 11) is 0. The van der Waals surface area contributed by atoms with Crippen LogP contribution in [0.3, 0.4) is 0 Å². The summed E-state index contributed by atoms with van der Waals surface area (Å²) in [5.74, 6) is -0.833. The van der Waals surface area contributed by atoms with E-state index in [2.05, 4.69) is 13.8 Å². The van der Waals surface area contributed by atoms with Gasteiger partial charge in [0.15, 0.2) is 0 Å². The van der Waals surface area contributed by atoms with Crippen LogP contribution in [0.4, 0.5) is 0 Å². The number of hydrogen-bond donors (Lipinski definition) is 1. The minimum absolute atomic E-state index is 0. The largest absolute Gasteiger partial charge is 1.00 e. The van der Waals surface area contributed by atoms with Crippen LogP contribution in [-0.2, 0) is 4.79 Å². The molecule has 0 unspecified atom stereocenters. The molecule has 0 aromatic carbocycles. The van der Waals surface area contributed by atoms with Crippen molar-refractivity contribution in [1.82, 2.24) is 0 Å². The minimum Gasteiger partial charge on any atom is -0.481 e. The van der Waals surface area contributed by atoms with Crippen molar-refractivity contribution in [2.24, 2.45) is 0 Å². The standard InChI is InChI=1S/C6H13.C2H4O2.Na/c1-3-5-6-4-2;1-2(3)4;/h1,3-6H2,2H3;1H3,(H,3,4);/q-1;;+1. The maximum absolute atomic E-state index is 9.00. The van der Waals surface area contributed by atoms with Crippen LogP contribution in [-0.4, -0.2) is 11.1 Å².